The van der Waals surface area contributed by atoms with E-state index in [0.29, 0.717) is 11.1 Å². The van der Waals surface area contributed by atoms with E-state index in [1.165, 1.54) is 19.9 Å². The Labute approximate surface area is 172 Å². The molecule has 1 heterocycles. The van der Waals surface area contributed by atoms with Crippen molar-refractivity contribution in [1.29, 1.82) is 5.26 Å². The van der Waals surface area contributed by atoms with E-state index in [4.69, 9.17) is 25.7 Å². The van der Waals surface area contributed by atoms with Gasteiger partial charge < -0.3 is 25.8 Å². The second-order valence-electron chi connectivity index (χ2n) is 6.98. The summed E-state index contributed by atoms with van der Waals surface area (Å²) in [6.45, 7) is 1.86. The summed E-state index contributed by atoms with van der Waals surface area (Å²) in [4.78, 5) is 25.8. The summed E-state index contributed by atoms with van der Waals surface area (Å²) in [6, 6.07) is 8.42. The molecular weight excluding hydrogens is 394 g/mol. The van der Waals surface area contributed by atoms with Crippen molar-refractivity contribution in [3.8, 4) is 23.3 Å². The summed E-state index contributed by atoms with van der Waals surface area (Å²) in [5.41, 5.74) is 7.46. The number of aliphatic hydroxyl groups excluding tert-OH is 2. The minimum absolute atomic E-state index is 0.0899. The molecule has 0 fully saturated rings. The maximum absolute atomic E-state index is 12.5. The third-order valence-corrected chi connectivity index (χ3v) is 3.59. The summed E-state index contributed by atoms with van der Waals surface area (Å²) < 4.78 is 5.39. The molecule has 0 saturated carbocycles. The highest BCUT2D eigenvalue weighted by molar-refractivity contribution is 6.00. The zero-order valence-electron chi connectivity index (χ0n) is 16.5. The van der Waals surface area contributed by atoms with Crippen LogP contribution < -0.4 is 16.0 Å². The molecule has 0 bridgehead atoms. The van der Waals surface area contributed by atoms with Gasteiger partial charge in [-0.3, -0.25) is 9.63 Å². The third-order valence-electron chi connectivity index (χ3n) is 3.59. The van der Waals surface area contributed by atoms with E-state index in [1.807, 2.05) is 6.07 Å². The molecule has 1 atom stereocenters. The van der Waals surface area contributed by atoms with Gasteiger partial charge in [0, 0.05) is 5.56 Å². The highest BCUT2D eigenvalue weighted by atomic mass is 16.7. The van der Waals surface area contributed by atoms with Crippen LogP contribution in [-0.4, -0.2) is 62.7 Å². The lowest BCUT2D eigenvalue weighted by atomic mass is 10.1. The van der Waals surface area contributed by atoms with Crippen molar-refractivity contribution in [2.24, 2.45) is 0 Å². The van der Waals surface area contributed by atoms with E-state index in [9.17, 15) is 15.0 Å². The van der Waals surface area contributed by atoms with Gasteiger partial charge >= 0.3 is 0 Å². The number of rotatable bonds is 9. The highest BCUT2D eigenvalue weighted by Gasteiger charge is 2.23. The zero-order valence-corrected chi connectivity index (χ0v) is 16.5. The zero-order chi connectivity index (χ0) is 22.3. The minimum Gasteiger partial charge on any atom is -0.474 e. The van der Waals surface area contributed by atoms with E-state index < -0.39 is 24.2 Å². The number of anilines is 1. The normalized spacial score (nSPS) is 12.1. The topological polar surface area (TPSA) is 184 Å². The van der Waals surface area contributed by atoms with Gasteiger partial charge in [0.05, 0.1) is 23.8 Å². The number of amides is 1. The van der Waals surface area contributed by atoms with E-state index in [0.717, 1.165) is 0 Å². The molecule has 160 valence electrons. The summed E-state index contributed by atoms with van der Waals surface area (Å²) in [7, 11) is 0. The van der Waals surface area contributed by atoms with Crippen molar-refractivity contribution in [1.82, 2.24) is 15.4 Å². The average molecular weight is 417 g/mol. The van der Waals surface area contributed by atoms with E-state index in [1.54, 1.807) is 18.2 Å². The van der Waals surface area contributed by atoms with Crippen LogP contribution in [0, 0.1) is 11.3 Å². The molecule has 1 unspecified atom stereocenters. The van der Waals surface area contributed by atoms with Crippen LogP contribution >= 0.6 is 0 Å². The fourth-order valence-electron chi connectivity index (χ4n) is 2.19. The largest absolute Gasteiger partial charge is 0.474 e. The van der Waals surface area contributed by atoms with Gasteiger partial charge in [0.15, 0.2) is 5.82 Å². The second kappa shape index (κ2) is 9.95. The molecule has 0 radical (unpaired) electrons. The minimum atomic E-state index is -1.21. The third kappa shape index (κ3) is 6.36. The lowest BCUT2D eigenvalue weighted by molar-refractivity contribution is -0.0523. The first-order valence-corrected chi connectivity index (χ1v) is 8.89. The van der Waals surface area contributed by atoms with Crippen LogP contribution in [0.2, 0.25) is 0 Å². The maximum atomic E-state index is 12.5. The van der Waals surface area contributed by atoms with Crippen molar-refractivity contribution < 1.29 is 29.7 Å². The smallest absolute Gasteiger partial charge is 0.284 e. The Kier molecular flexibility index (Phi) is 7.62. The van der Waals surface area contributed by atoms with Gasteiger partial charge in [0.1, 0.15) is 30.7 Å². The predicted molar refractivity (Wildman–Crippen MR) is 105 cm³/mol. The maximum Gasteiger partial charge on any atom is 0.284 e. The number of nitrogens with one attached hydrogen (secondary N) is 1. The molecule has 11 nitrogen and oxygen atoms in total. The summed E-state index contributed by atoms with van der Waals surface area (Å²) in [5.74, 6) is -1.23. The standard InChI is InChI=1S/C19H23N5O6/c1-19(2,28)10-30-24-17(27)14-15(21)22-16(12-5-3-4-11(6-12)7-20)23-18(14)29-9-13(26)8-25/h3-6,13,25-26,28H,8-10H2,1-2H3,(H,24,27)(H2,21,22,23). The number of hydroxylamine groups is 1. The molecule has 6 N–H and O–H groups in total. The molecule has 11 heteroatoms. The van der Waals surface area contributed by atoms with Crippen LogP contribution in [0.4, 0.5) is 5.82 Å². The lowest BCUT2D eigenvalue weighted by Gasteiger charge is -2.18. The molecule has 2 aromatic rings. The molecular formula is C19H23N5O6. The number of ether oxygens (including phenoxy) is 1. The van der Waals surface area contributed by atoms with E-state index in [-0.39, 0.29) is 36.3 Å². The molecule has 0 aliphatic carbocycles. The Hall–Kier alpha value is -3.30. The molecule has 0 spiro atoms. The number of nitrogen functional groups attached to an aromatic ring is 1. The molecule has 0 aliphatic rings. The average Bonchev–Trinajstić information content (AvgIpc) is 2.70. The number of aliphatic hydroxyl groups is 3. The number of nitriles is 1. The molecule has 30 heavy (non-hydrogen) atoms. The van der Waals surface area contributed by atoms with Crippen molar-refractivity contribution in [3.05, 3.63) is 35.4 Å². The number of carbonyl (C=O) groups is 1. The Balaban J connectivity index is 2.39. The Morgan fingerprint density at radius 1 is 1.40 bits per heavy atom. The predicted octanol–water partition coefficient (Wildman–Crippen LogP) is -0.238. The van der Waals surface area contributed by atoms with Crippen LogP contribution in [0.5, 0.6) is 5.88 Å². The number of hydrogen-bond acceptors (Lipinski definition) is 10. The lowest BCUT2D eigenvalue weighted by Crippen LogP contribution is -2.34. The molecule has 1 aromatic carbocycles. The first-order chi connectivity index (χ1) is 14.1. The van der Waals surface area contributed by atoms with Gasteiger partial charge in [-0.25, -0.2) is 10.5 Å². The number of benzene rings is 1. The fraction of sp³-hybridized carbons (Fsp3) is 0.368. The van der Waals surface area contributed by atoms with Crippen LogP contribution in [0.15, 0.2) is 24.3 Å². The molecule has 0 aliphatic heterocycles. The van der Waals surface area contributed by atoms with Crippen molar-refractivity contribution in [3.63, 3.8) is 0 Å². The number of nitrogens with two attached hydrogens (primary N) is 1. The Morgan fingerprint density at radius 3 is 2.77 bits per heavy atom. The second-order valence-corrected chi connectivity index (χ2v) is 6.98. The van der Waals surface area contributed by atoms with Crippen LogP contribution in [-0.2, 0) is 4.84 Å². The molecule has 1 aromatic heterocycles. The quantitative estimate of drug-likeness (QED) is 0.341. The summed E-state index contributed by atoms with van der Waals surface area (Å²) >= 11 is 0. The van der Waals surface area contributed by atoms with Gasteiger partial charge in [-0.15, -0.1) is 0 Å². The monoisotopic (exact) mass is 417 g/mol. The number of hydrogen-bond donors (Lipinski definition) is 5. The first-order valence-electron chi connectivity index (χ1n) is 8.89. The first kappa shape index (κ1) is 23.0. The Bertz CT molecular complexity index is 938. The van der Waals surface area contributed by atoms with Crippen LogP contribution in [0.1, 0.15) is 29.8 Å². The highest BCUT2D eigenvalue weighted by Crippen LogP contribution is 2.26. The molecule has 0 saturated heterocycles. The summed E-state index contributed by atoms with van der Waals surface area (Å²) in [6.07, 6.45) is -1.21. The van der Waals surface area contributed by atoms with Gasteiger partial charge in [-0.1, -0.05) is 12.1 Å². The summed E-state index contributed by atoms with van der Waals surface area (Å²) in [5, 5.41) is 37.3. The van der Waals surface area contributed by atoms with Crippen molar-refractivity contribution >= 4 is 11.7 Å². The number of nitrogens with zero attached hydrogens (tertiary/aromatic N) is 3. The van der Waals surface area contributed by atoms with Crippen molar-refractivity contribution in [2.75, 3.05) is 25.6 Å². The van der Waals surface area contributed by atoms with E-state index >= 15 is 0 Å². The fourth-order valence-corrected chi connectivity index (χ4v) is 2.19. The van der Waals surface area contributed by atoms with Crippen LogP contribution in [0.3, 0.4) is 0 Å². The van der Waals surface area contributed by atoms with Gasteiger partial charge in [0.2, 0.25) is 5.88 Å². The van der Waals surface area contributed by atoms with Gasteiger partial charge in [-0.05, 0) is 26.0 Å². The molecule has 1 amide bonds. The Morgan fingerprint density at radius 2 is 2.13 bits per heavy atom. The van der Waals surface area contributed by atoms with E-state index in [2.05, 4.69) is 15.4 Å². The van der Waals surface area contributed by atoms with Gasteiger partial charge in [-0.2, -0.15) is 10.2 Å². The number of aromatic nitrogens is 2. The SMILES string of the molecule is CC(C)(O)CONC(=O)c1c(N)nc(-c2cccc(C#N)c2)nc1OCC(O)CO. The van der Waals surface area contributed by atoms with Crippen LogP contribution in [0.25, 0.3) is 11.4 Å². The van der Waals surface area contributed by atoms with Gasteiger partial charge in [0.25, 0.3) is 5.91 Å². The molecule has 2 rings (SSSR count). The van der Waals surface area contributed by atoms with Crippen molar-refractivity contribution in [2.45, 2.75) is 25.6 Å². The number of carbonyl (C=O) groups excluding carboxylic acids is 1.